The van der Waals surface area contributed by atoms with Crippen LogP contribution in [0.1, 0.15) is 12.2 Å². The summed E-state index contributed by atoms with van der Waals surface area (Å²) in [7, 11) is 1.67. The normalized spacial score (nSPS) is 10.6. The van der Waals surface area contributed by atoms with Crippen molar-refractivity contribution in [2.24, 2.45) is 0 Å². The van der Waals surface area contributed by atoms with Gasteiger partial charge in [-0.15, -0.1) is 0 Å². The van der Waals surface area contributed by atoms with Gasteiger partial charge in [0, 0.05) is 26.3 Å². The number of hydrogen-bond donors (Lipinski definition) is 1. The SMILES string of the molecule is COCCCc1noc(-c2ccc(N)nc2)n1. The Labute approximate surface area is 98.8 Å². The van der Waals surface area contributed by atoms with Crippen molar-refractivity contribution in [2.75, 3.05) is 19.5 Å². The predicted molar refractivity (Wildman–Crippen MR) is 62.1 cm³/mol. The summed E-state index contributed by atoms with van der Waals surface area (Å²) in [6, 6.07) is 3.50. The van der Waals surface area contributed by atoms with E-state index in [1.807, 2.05) is 0 Å². The summed E-state index contributed by atoms with van der Waals surface area (Å²) in [5.41, 5.74) is 6.27. The molecule has 0 saturated heterocycles. The van der Waals surface area contributed by atoms with Gasteiger partial charge in [-0.05, 0) is 18.6 Å². The maximum absolute atomic E-state index is 5.50. The van der Waals surface area contributed by atoms with Crippen LogP contribution < -0.4 is 5.73 Å². The first-order chi connectivity index (χ1) is 8.29. The molecule has 2 heterocycles. The minimum Gasteiger partial charge on any atom is -0.385 e. The molecule has 0 aliphatic carbocycles. The van der Waals surface area contributed by atoms with Crippen molar-refractivity contribution in [3.8, 4) is 11.5 Å². The lowest BCUT2D eigenvalue weighted by molar-refractivity contribution is 0.194. The number of methoxy groups -OCH3 is 1. The molecule has 0 unspecified atom stereocenters. The fraction of sp³-hybridized carbons (Fsp3) is 0.364. The molecule has 2 aromatic rings. The van der Waals surface area contributed by atoms with E-state index in [2.05, 4.69) is 15.1 Å². The zero-order valence-corrected chi connectivity index (χ0v) is 9.59. The topological polar surface area (TPSA) is 87.1 Å². The van der Waals surface area contributed by atoms with E-state index in [0.29, 0.717) is 24.1 Å². The molecule has 6 heteroatoms. The van der Waals surface area contributed by atoms with Crippen LogP contribution in [-0.2, 0) is 11.2 Å². The number of ether oxygens (including phenoxy) is 1. The Morgan fingerprint density at radius 2 is 2.29 bits per heavy atom. The van der Waals surface area contributed by atoms with Gasteiger partial charge < -0.3 is 15.0 Å². The second kappa shape index (κ2) is 5.40. The van der Waals surface area contributed by atoms with E-state index in [1.54, 1.807) is 25.4 Å². The molecule has 17 heavy (non-hydrogen) atoms. The first-order valence-corrected chi connectivity index (χ1v) is 5.33. The van der Waals surface area contributed by atoms with Crippen molar-refractivity contribution in [3.05, 3.63) is 24.2 Å². The summed E-state index contributed by atoms with van der Waals surface area (Å²) in [5.74, 6) is 1.60. The van der Waals surface area contributed by atoms with Gasteiger partial charge in [0.05, 0.1) is 5.56 Å². The van der Waals surface area contributed by atoms with Crippen LogP contribution in [0.5, 0.6) is 0 Å². The lowest BCUT2D eigenvalue weighted by Gasteiger charge is -1.94. The molecular weight excluding hydrogens is 220 g/mol. The van der Waals surface area contributed by atoms with Crippen LogP contribution in [-0.4, -0.2) is 28.8 Å². The van der Waals surface area contributed by atoms with Gasteiger partial charge in [-0.1, -0.05) is 5.16 Å². The van der Waals surface area contributed by atoms with Gasteiger partial charge in [0.2, 0.25) is 0 Å². The molecule has 2 rings (SSSR count). The first kappa shape index (κ1) is 11.5. The Hall–Kier alpha value is -1.95. The van der Waals surface area contributed by atoms with E-state index in [-0.39, 0.29) is 0 Å². The Kier molecular flexibility index (Phi) is 3.66. The van der Waals surface area contributed by atoms with Crippen molar-refractivity contribution < 1.29 is 9.26 Å². The average molecular weight is 234 g/mol. The Bertz CT molecular complexity index is 467. The monoisotopic (exact) mass is 234 g/mol. The number of pyridine rings is 1. The third kappa shape index (κ3) is 3.01. The van der Waals surface area contributed by atoms with Crippen LogP contribution in [0.25, 0.3) is 11.5 Å². The molecule has 90 valence electrons. The van der Waals surface area contributed by atoms with Gasteiger partial charge in [-0.25, -0.2) is 4.98 Å². The highest BCUT2D eigenvalue weighted by atomic mass is 16.5. The van der Waals surface area contributed by atoms with Gasteiger partial charge in [0.15, 0.2) is 5.82 Å². The maximum atomic E-state index is 5.50. The zero-order chi connectivity index (χ0) is 12.1. The number of hydrogen-bond acceptors (Lipinski definition) is 6. The van der Waals surface area contributed by atoms with E-state index in [0.717, 1.165) is 18.4 Å². The van der Waals surface area contributed by atoms with Crippen molar-refractivity contribution in [3.63, 3.8) is 0 Å². The van der Waals surface area contributed by atoms with E-state index in [1.165, 1.54) is 0 Å². The fourth-order valence-corrected chi connectivity index (χ4v) is 1.38. The predicted octanol–water partition coefficient (Wildman–Crippen LogP) is 1.29. The number of nitrogens with two attached hydrogens (primary N) is 1. The first-order valence-electron chi connectivity index (χ1n) is 5.33. The van der Waals surface area contributed by atoms with Crippen LogP contribution in [0.2, 0.25) is 0 Å². The quantitative estimate of drug-likeness (QED) is 0.784. The molecule has 0 atom stereocenters. The second-order valence-corrected chi connectivity index (χ2v) is 3.58. The Morgan fingerprint density at radius 1 is 1.41 bits per heavy atom. The molecule has 2 aromatic heterocycles. The molecule has 0 radical (unpaired) electrons. The third-order valence-electron chi connectivity index (χ3n) is 2.25. The smallest absolute Gasteiger partial charge is 0.259 e. The number of nitrogen functional groups attached to an aromatic ring is 1. The van der Waals surface area contributed by atoms with E-state index in [9.17, 15) is 0 Å². The highest BCUT2D eigenvalue weighted by Gasteiger charge is 2.08. The number of aromatic nitrogens is 3. The van der Waals surface area contributed by atoms with Crippen LogP contribution in [0.15, 0.2) is 22.9 Å². The van der Waals surface area contributed by atoms with E-state index in [4.69, 9.17) is 15.0 Å². The number of anilines is 1. The Balaban J connectivity index is 2.04. The van der Waals surface area contributed by atoms with Crippen molar-refractivity contribution in [1.29, 1.82) is 0 Å². The lowest BCUT2D eigenvalue weighted by Crippen LogP contribution is -1.94. The van der Waals surface area contributed by atoms with Crippen molar-refractivity contribution in [1.82, 2.24) is 15.1 Å². The third-order valence-corrected chi connectivity index (χ3v) is 2.25. The van der Waals surface area contributed by atoms with Crippen LogP contribution >= 0.6 is 0 Å². The number of rotatable bonds is 5. The molecule has 0 aromatic carbocycles. The summed E-state index contributed by atoms with van der Waals surface area (Å²) in [4.78, 5) is 8.24. The van der Waals surface area contributed by atoms with Gasteiger partial charge in [0.1, 0.15) is 5.82 Å². The molecule has 0 saturated carbocycles. The molecule has 0 fully saturated rings. The van der Waals surface area contributed by atoms with Crippen LogP contribution in [0.4, 0.5) is 5.82 Å². The van der Waals surface area contributed by atoms with Crippen molar-refractivity contribution in [2.45, 2.75) is 12.8 Å². The molecule has 0 amide bonds. The van der Waals surface area contributed by atoms with Gasteiger partial charge >= 0.3 is 0 Å². The summed E-state index contributed by atoms with van der Waals surface area (Å²) >= 11 is 0. The van der Waals surface area contributed by atoms with E-state index < -0.39 is 0 Å². The van der Waals surface area contributed by atoms with Gasteiger partial charge in [-0.2, -0.15) is 4.98 Å². The summed E-state index contributed by atoms with van der Waals surface area (Å²) in [6.07, 6.45) is 3.22. The summed E-state index contributed by atoms with van der Waals surface area (Å²) < 4.78 is 10.1. The largest absolute Gasteiger partial charge is 0.385 e. The standard InChI is InChI=1S/C11H14N4O2/c1-16-6-2-3-10-14-11(17-15-10)8-4-5-9(12)13-7-8/h4-5,7H,2-3,6H2,1H3,(H2,12,13). The highest BCUT2D eigenvalue weighted by molar-refractivity contribution is 5.53. The molecule has 0 bridgehead atoms. The molecule has 0 spiro atoms. The zero-order valence-electron chi connectivity index (χ0n) is 9.59. The highest BCUT2D eigenvalue weighted by Crippen LogP contribution is 2.16. The maximum Gasteiger partial charge on any atom is 0.259 e. The van der Waals surface area contributed by atoms with Gasteiger partial charge in [-0.3, -0.25) is 0 Å². The fourth-order valence-electron chi connectivity index (χ4n) is 1.38. The van der Waals surface area contributed by atoms with Gasteiger partial charge in [0.25, 0.3) is 5.89 Å². The Morgan fingerprint density at radius 3 is 3.00 bits per heavy atom. The number of aryl methyl sites for hydroxylation is 1. The molecule has 0 aliphatic rings. The van der Waals surface area contributed by atoms with Crippen LogP contribution in [0, 0.1) is 0 Å². The van der Waals surface area contributed by atoms with Crippen molar-refractivity contribution >= 4 is 5.82 Å². The lowest BCUT2D eigenvalue weighted by atomic mass is 10.3. The number of nitrogens with zero attached hydrogens (tertiary/aromatic N) is 3. The molecule has 2 N–H and O–H groups in total. The minimum atomic E-state index is 0.463. The summed E-state index contributed by atoms with van der Waals surface area (Å²) in [6.45, 7) is 0.688. The van der Waals surface area contributed by atoms with Crippen LogP contribution in [0.3, 0.4) is 0 Å². The average Bonchev–Trinajstić information content (AvgIpc) is 2.79. The summed E-state index contributed by atoms with van der Waals surface area (Å²) in [5, 5.41) is 3.89. The minimum absolute atomic E-state index is 0.463. The second-order valence-electron chi connectivity index (χ2n) is 3.58. The molecule has 6 nitrogen and oxygen atoms in total. The molecular formula is C11H14N4O2. The van der Waals surface area contributed by atoms with E-state index >= 15 is 0 Å². The molecule has 0 aliphatic heterocycles.